The van der Waals surface area contributed by atoms with E-state index in [9.17, 15) is 14.9 Å². The first-order chi connectivity index (χ1) is 14.0. The molecule has 0 aliphatic carbocycles. The largest absolute Gasteiger partial charge is 0.497 e. The van der Waals surface area contributed by atoms with Crippen molar-refractivity contribution in [2.75, 3.05) is 33.8 Å². The molecule has 30 heavy (non-hydrogen) atoms. The van der Waals surface area contributed by atoms with Crippen LogP contribution in [0.1, 0.15) is 23.2 Å². The van der Waals surface area contributed by atoms with Crippen molar-refractivity contribution >= 4 is 24.0 Å². The molecule has 8 nitrogen and oxygen atoms in total. The van der Waals surface area contributed by atoms with E-state index >= 15 is 0 Å². The number of carbonyl (C=O) groups excluding carboxylic acids is 1. The predicted molar refractivity (Wildman–Crippen MR) is 116 cm³/mol. The van der Waals surface area contributed by atoms with E-state index in [1.54, 1.807) is 36.3 Å². The number of benzene rings is 2. The third-order valence-electron chi connectivity index (χ3n) is 5.09. The van der Waals surface area contributed by atoms with Crippen LogP contribution in [0.3, 0.4) is 0 Å². The monoisotopic (exact) mass is 435 g/mol. The van der Waals surface area contributed by atoms with Gasteiger partial charge in [-0.1, -0.05) is 0 Å². The Hall–Kier alpha value is -2.84. The molecule has 2 aromatic rings. The van der Waals surface area contributed by atoms with Gasteiger partial charge in [-0.05, 0) is 62.7 Å². The minimum Gasteiger partial charge on any atom is -0.497 e. The van der Waals surface area contributed by atoms with Crippen LogP contribution < -0.4 is 14.8 Å². The third kappa shape index (κ3) is 5.61. The zero-order valence-electron chi connectivity index (χ0n) is 17.0. The fourth-order valence-electron chi connectivity index (χ4n) is 3.46. The van der Waals surface area contributed by atoms with Crippen molar-refractivity contribution in [2.45, 2.75) is 12.8 Å². The van der Waals surface area contributed by atoms with Crippen molar-refractivity contribution in [2.24, 2.45) is 5.92 Å². The number of nitrogens with zero attached hydrogens (tertiary/aromatic N) is 2. The molecular weight excluding hydrogens is 410 g/mol. The lowest BCUT2D eigenvalue weighted by Crippen LogP contribution is -2.40. The molecule has 0 saturated carbocycles. The number of non-ortho nitro benzene ring substituents is 1. The van der Waals surface area contributed by atoms with E-state index in [-0.39, 0.29) is 29.6 Å². The van der Waals surface area contributed by atoms with Gasteiger partial charge in [0.2, 0.25) is 0 Å². The van der Waals surface area contributed by atoms with E-state index in [0.29, 0.717) is 36.3 Å². The number of nitro benzene ring substituents is 1. The molecule has 1 N–H and O–H groups in total. The van der Waals surface area contributed by atoms with Gasteiger partial charge in [0.05, 0.1) is 17.6 Å². The summed E-state index contributed by atoms with van der Waals surface area (Å²) >= 11 is 0. The summed E-state index contributed by atoms with van der Waals surface area (Å²) in [7, 11) is 3.49. The lowest BCUT2D eigenvalue weighted by Gasteiger charge is -2.32. The summed E-state index contributed by atoms with van der Waals surface area (Å²) in [6.07, 6.45) is 1.80. The summed E-state index contributed by atoms with van der Waals surface area (Å²) in [6, 6.07) is 11.0. The molecule has 0 unspecified atom stereocenters. The second-order valence-corrected chi connectivity index (χ2v) is 7.01. The molecule has 1 heterocycles. The van der Waals surface area contributed by atoms with Crippen LogP contribution in [0.15, 0.2) is 42.5 Å². The summed E-state index contributed by atoms with van der Waals surface area (Å²) in [6.45, 7) is 2.16. The number of hydrogen-bond donors (Lipinski definition) is 1. The van der Waals surface area contributed by atoms with E-state index in [1.165, 1.54) is 18.2 Å². The number of methoxy groups -OCH3 is 1. The Bertz CT molecular complexity index is 867. The van der Waals surface area contributed by atoms with Crippen molar-refractivity contribution in [1.29, 1.82) is 0 Å². The molecule has 9 heteroatoms. The fraction of sp³-hybridized carbons (Fsp3) is 0.381. The Kier molecular flexibility index (Phi) is 8.44. The first-order valence-corrected chi connectivity index (χ1v) is 9.56. The van der Waals surface area contributed by atoms with Gasteiger partial charge in [0.25, 0.3) is 11.6 Å². The zero-order valence-corrected chi connectivity index (χ0v) is 17.8. The standard InChI is InChI=1S/C21H25N3O5.ClH/c1-22-14-15-9-11-23(12-10-15)21(25)19-13-16(24(26)27)3-8-20(19)29-18-6-4-17(28-2)5-7-18;/h3-8,13,15,22H,9-12,14H2,1-2H3;1H. The normalized spacial score (nSPS) is 14.0. The van der Waals surface area contributed by atoms with Crippen LogP contribution in [0, 0.1) is 16.0 Å². The highest BCUT2D eigenvalue weighted by molar-refractivity contribution is 5.97. The number of amides is 1. The average molecular weight is 436 g/mol. The summed E-state index contributed by atoms with van der Waals surface area (Å²) < 4.78 is 11.0. The quantitative estimate of drug-likeness (QED) is 0.523. The first kappa shape index (κ1) is 23.4. The average Bonchev–Trinajstić information content (AvgIpc) is 2.74. The molecule has 2 aromatic carbocycles. The van der Waals surface area contributed by atoms with Gasteiger partial charge >= 0.3 is 0 Å². The van der Waals surface area contributed by atoms with Crippen LogP contribution in [-0.4, -0.2) is 49.5 Å². The molecule has 3 rings (SSSR count). The van der Waals surface area contributed by atoms with Crippen molar-refractivity contribution < 1.29 is 19.2 Å². The van der Waals surface area contributed by atoms with Gasteiger partial charge in [-0.2, -0.15) is 0 Å². The van der Waals surface area contributed by atoms with E-state index in [4.69, 9.17) is 9.47 Å². The van der Waals surface area contributed by atoms with Gasteiger partial charge in [-0.15, -0.1) is 12.4 Å². The Labute approximate surface area is 181 Å². The number of ether oxygens (including phenoxy) is 2. The molecule has 0 radical (unpaired) electrons. The highest BCUT2D eigenvalue weighted by Gasteiger charge is 2.27. The van der Waals surface area contributed by atoms with E-state index in [2.05, 4.69) is 5.32 Å². The second kappa shape index (κ2) is 10.8. The zero-order chi connectivity index (χ0) is 20.8. The van der Waals surface area contributed by atoms with Crippen LogP contribution in [-0.2, 0) is 0 Å². The van der Waals surface area contributed by atoms with Gasteiger partial charge in [0.1, 0.15) is 17.2 Å². The van der Waals surface area contributed by atoms with Crippen molar-refractivity contribution in [1.82, 2.24) is 10.2 Å². The fourth-order valence-corrected chi connectivity index (χ4v) is 3.46. The Balaban J connectivity index is 0.00000320. The molecule has 0 bridgehead atoms. The summed E-state index contributed by atoms with van der Waals surface area (Å²) in [5.41, 5.74) is 0.0579. The van der Waals surface area contributed by atoms with Crippen LogP contribution in [0.2, 0.25) is 0 Å². The lowest BCUT2D eigenvalue weighted by atomic mass is 9.96. The van der Waals surface area contributed by atoms with Gasteiger partial charge in [-0.25, -0.2) is 0 Å². The van der Waals surface area contributed by atoms with Crippen molar-refractivity contribution in [3.05, 3.63) is 58.1 Å². The van der Waals surface area contributed by atoms with E-state index in [1.807, 2.05) is 7.05 Å². The Morgan fingerprint density at radius 2 is 1.80 bits per heavy atom. The molecule has 1 aliphatic heterocycles. The molecular formula is C21H26ClN3O5. The van der Waals surface area contributed by atoms with Crippen LogP contribution in [0.25, 0.3) is 0 Å². The highest BCUT2D eigenvalue weighted by Crippen LogP contribution is 2.31. The van der Waals surface area contributed by atoms with Gasteiger partial charge in [-0.3, -0.25) is 14.9 Å². The second-order valence-electron chi connectivity index (χ2n) is 7.01. The number of piperidine rings is 1. The number of carbonyl (C=O) groups is 1. The molecule has 1 aliphatic rings. The number of hydrogen-bond acceptors (Lipinski definition) is 6. The maximum atomic E-state index is 13.1. The summed E-state index contributed by atoms with van der Waals surface area (Å²) in [4.78, 5) is 25.6. The molecule has 0 atom stereocenters. The highest BCUT2D eigenvalue weighted by atomic mass is 35.5. The first-order valence-electron chi connectivity index (χ1n) is 9.56. The number of rotatable bonds is 7. The number of nitrogens with one attached hydrogen (secondary N) is 1. The molecule has 0 aromatic heterocycles. The molecule has 162 valence electrons. The smallest absolute Gasteiger partial charge is 0.270 e. The third-order valence-corrected chi connectivity index (χ3v) is 5.09. The molecule has 1 fully saturated rings. The predicted octanol–water partition coefficient (Wildman–Crippen LogP) is 3.89. The van der Waals surface area contributed by atoms with Crippen LogP contribution in [0.5, 0.6) is 17.2 Å². The van der Waals surface area contributed by atoms with Crippen molar-refractivity contribution in [3.63, 3.8) is 0 Å². The Morgan fingerprint density at radius 3 is 2.37 bits per heavy atom. The molecule has 1 amide bonds. The molecule has 0 spiro atoms. The maximum Gasteiger partial charge on any atom is 0.270 e. The minimum absolute atomic E-state index is 0. The minimum atomic E-state index is -0.507. The summed E-state index contributed by atoms with van der Waals surface area (Å²) in [5.74, 6) is 1.77. The van der Waals surface area contributed by atoms with E-state index < -0.39 is 4.92 Å². The van der Waals surface area contributed by atoms with E-state index in [0.717, 1.165) is 19.4 Å². The SMILES string of the molecule is CNCC1CCN(C(=O)c2cc([N+](=O)[O-])ccc2Oc2ccc(OC)cc2)CC1.Cl. The lowest BCUT2D eigenvalue weighted by molar-refractivity contribution is -0.384. The van der Waals surface area contributed by atoms with Crippen LogP contribution in [0.4, 0.5) is 5.69 Å². The number of likely N-dealkylation sites (tertiary alicyclic amines) is 1. The number of nitro groups is 1. The van der Waals surface area contributed by atoms with Gasteiger partial charge in [0, 0.05) is 25.2 Å². The molecule has 1 saturated heterocycles. The van der Waals surface area contributed by atoms with Gasteiger partial charge in [0.15, 0.2) is 0 Å². The Morgan fingerprint density at radius 1 is 1.17 bits per heavy atom. The van der Waals surface area contributed by atoms with Gasteiger partial charge < -0.3 is 19.7 Å². The topological polar surface area (TPSA) is 93.9 Å². The number of halogens is 1. The van der Waals surface area contributed by atoms with Crippen LogP contribution >= 0.6 is 12.4 Å². The summed E-state index contributed by atoms with van der Waals surface area (Å²) in [5, 5.41) is 14.4. The maximum absolute atomic E-state index is 13.1. The van der Waals surface area contributed by atoms with Crippen molar-refractivity contribution in [3.8, 4) is 17.2 Å².